The fraction of sp³-hybridized carbons (Fsp3) is 1.00. The largest absolute Gasteiger partial charge is 0.396 e. The van der Waals surface area contributed by atoms with E-state index in [4.69, 9.17) is 10.8 Å². The normalized spacial score (nSPS) is 15.4. The van der Waals surface area contributed by atoms with Crippen LogP contribution >= 0.6 is 0 Å². The first-order chi connectivity index (χ1) is 6.76. The van der Waals surface area contributed by atoms with E-state index in [2.05, 4.69) is 19.2 Å². The minimum Gasteiger partial charge on any atom is -0.396 e. The molecule has 0 aliphatic carbocycles. The third kappa shape index (κ3) is 6.35. The molecule has 0 bridgehead atoms. The van der Waals surface area contributed by atoms with Gasteiger partial charge >= 0.3 is 0 Å². The van der Waals surface area contributed by atoms with Crippen molar-refractivity contribution in [1.82, 2.24) is 5.32 Å². The molecule has 0 aliphatic rings. The number of aliphatic hydroxyl groups excluding tert-OH is 1. The Labute approximate surface area is 88.1 Å². The average molecular weight is 202 g/mol. The predicted molar refractivity (Wildman–Crippen MR) is 61.2 cm³/mol. The third-order valence-corrected chi connectivity index (χ3v) is 2.68. The molecule has 0 aromatic carbocycles. The first kappa shape index (κ1) is 13.9. The molecule has 0 fully saturated rings. The Morgan fingerprint density at radius 1 is 1.36 bits per heavy atom. The summed E-state index contributed by atoms with van der Waals surface area (Å²) in [5, 5.41) is 12.1. The molecule has 4 N–H and O–H groups in total. The maximum absolute atomic E-state index is 8.63. The van der Waals surface area contributed by atoms with Crippen molar-refractivity contribution in [2.45, 2.75) is 45.6 Å². The second-order valence-corrected chi connectivity index (χ2v) is 3.99. The van der Waals surface area contributed by atoms with Crippen molar-refractivity contribution in [3.05, 3.63) is 0 Å². The van der Waals surface area contributed by atoms with Gasteiger partial charge in [-0.1, -0.05) is 20.3 Å². The zero-order valence-corrected chi connectivity index (χ0v) is 9.63. The minimum atomic E-state index is 0.291. The van der Waals surface area contributed by atoms with Gasteiger partial charge in [0.05, 0.1) is 0 Å². The van der Waals surface area contributed by atoms with Crippen molar-refractivity contribution < 1.29 is 5.11 Å². The Hall–Kier alpha value is -0.120. The standard InChI is InChI=1S/C11H26N2O/c1-3-6-10(2)11(9-12)13-7-4-5-8-14/h10-11,13-14H,3-9,12H2,1-2H3. The molecule has 0 aliphatic heterocycles. The van der Waals surface area contributed by atoms with Gasteiger partial charge in [0.2, 0.25) is 0 Å². The second-order valence-electron chi connectivity index (χ2n) is 3.99. The highest BCUT2D eigenvalue weighted by molar-refractivity contribution is 4.73. The maximum atomic E-state index is 8.63. The lowest BCUT2D eigenvalue weighted by Crippen LogP contribution is -2.41. The van der Waals surface area contributed by atoms with Gasteiger partial charge in [0.1, 0.15) is 0 Å². The van der Waals surface area contributed by atoms with Gasteiger partial charge in [0.25, 0.3) is 0 Å². The summed E-state index contributed by atoms with van der Waals surface area (Å²) in [6, 6.07) is 0.439. The van der Waals surface area contributed by atoms with Gasteiger partial charge in [-0.15, -0.1) is 0 Å². The molecule has 0 saturated heterocycles. The molecule has 0 saturated carbocycles. The molecule has 0 heterocycles. The highest BCUT2D eigenvalue weighted by Crippen LogP contribution is 2.09. The topological polar surface area (TPSA) is 58.3 Å². The predicted octanol–water partition coefficient (Wildman–Crippen LogP) is 1.11. The van der Waals surface area contributed by atoms with E-state index in [0.29, 0.717) is 25.1 Å². The van der Waals surface area contributed by atoms with Gasteiger partial charge < -0.3 is 16.2 Å². The van der Waals surface area contributed by atoms with E-state index >= 15 is 0 Å². The number of nitrogens with two attached hydrogens (primary N) is 1. The monoisotopic (exact) mass is 202 g/mol. The van der Waals surface area contributed by atoms with Crippen molar-refractivity contribution in [3.63, 3.8) is 0 Å². The molecule has 2 unspecified atom stereocenters. The van der Waals surface area contributed by atoms with Crippen LogP contribution in [0.25, 0.3) is 0 Å². The molecule has 0 spiro atoms. The smallest absolute Gasteiger partial charge is 0.0431 e. The summed E-state index contributed by atoms with van der Waals surface area (Å²) in [5.74, 6) is 0.652. The first-order valence-corrected chi connectivity index (χ1v) is 5.80. The lowest BCUT2D eigenvalue weighted by molar-refractivity contribution is 0.279. The zero-order valence-electron chi connectivity index (χ0n) is 9.63. The van der Waals surface area contributed by atoms with E-state index in [9.17, 15) is 0 Å². The molecule has 86 valence electrons. The van der Waals surface area contributed by atoms with Crippen molar-refractivity contribution in [2.75, 3.05) is 19.7 Å². The molecule has 0 amide bonds. The Kier molecular flexibility index (Phi) is 9.35. The van der Waals surface area contributed by atoms with Crippen LogP contribution in [-0.4, -0.2) is 30.8 Å². The van der Waals surface area contributed by atoms with Crippen molar-refractivity contribution >= 4 is 0 Å². The molecule has 0 rings (SSSR count). The van der Waals surface area contributed by atoms with E-state index in [-0.39, 0.29) is 0 Å². The Bertz CT molecular complexity index is 120. The SMILES string of the molecule is CCCC(C)C(CN)NCCCCO. The van der Waals surface area contributed by atoms with Crippen LogP contribution in [0.1, 0.15) is 39.5 Å². The van der Waals surface area contributed by atoms with E-state index in [1.807, 2.05) is 0 Å². The first-order valence-electron chi connectivity index (χ1n) is 5.80. The van der Waals surface area contributed by atoms with Crippen LogP contribution in [0.4, 0.5) is 0 Å². The van der Waals surface area contributed by atoms with Crippen LogP contribution < -0.4 is 11.1 Å². The van der Waals surface area contributed by atoms with Crippen LogP contribution in [0.2, 0.25) is 0 Å². The van der Waals surface area contributed by atoms with E-state index in [0.717, 1.165) is 19.4 Å². The van der Waals surface area contributed by atoms with Crippen molar-refractivity contribution in [3.8, 4) is 0 Å². The summed E-state index contributed by atoms with van der Waals surface area (Å²) in [6.45, 7) is 6.42. The van der Waals surface area contributed by atoms with Gasteiger partial charge in [0, 0.05) is 19.2 Å². The average Bonchev–Trinajstić information content (AvgIpc) is 2.18. The maximum Gasteiger partial charge on any atom is 0.0431 e. The fourth-order valence-corrected chi connectivity index (χ4v) is 1.70. The zero-order chi connectivity index (χ0) is 10.8. The molecule has 3 nitrogen and oxygen atoms in total. The molecule has 0 radical (unpaired) electrons. The second kappa shape index (κ2) is 9.44. The molecule has 0 aromatic rings. The fourth-order valence-electron chi connectivity index (χ4n) is 1.70. The Morgan fingerprint density at radius 3 is 2.57 bits per heavy atom. The number of nitrogens with one attached hydrogen (secondary N) is 1. The van der Waals surface area contributed by atoms with Gasteiger partial charge in [-0.25, -0.2) is 0 Å². The van der Waals surface area contributed by atoms with Crippen LogP contribution in [-0.2, 0) is 0 Å². The van der Waals surface area contributed by atoms with E-state index in [1.54, 1.807) is 0 Å². The molecule has 3 heteroatoms. The minimum absolute atomic E-state index is 0.291. The number of unbranched alkanes of at least 4 members (excludes halogenated alkanes) is 1. The van der Waals surface area contributed by atoms with Crippen LogP contribution in [0.3, 0.4) is 0 Å². The van der Waals surface area contributed by atoms with E-state index in [1.165, 1.54) is 12.8 Å². The summed E-state index contributed by atoms with van der Waals surface area (Å²) in [4.78, 5) is 0. The molecular formula is C11H26N2O. The number of hydrogen-bond acceptors (Lipinski definition) is 3. The van der Waals surface area contributed by atoms with Gasteiger partial charge in [-0.05, 0) is 31.7 Å². The number of aliphatic hydroxyl groups is 1. The van der Waals surface area contributed by atoms with Crippen molar-refractivity contribution in [2.24, 2.45) is 11.7 Å². The van der Waals surface area contributed by atoms with Crippen LogP contribution in [0, 0.1) is 5.92 Å². The van der Waals surface area contributed by atoms with E-state index < -0.39 is 0 Å². The Morgan fingerprint density at radius 2 is 2.07 bits per heavy atom. The summed E-state index contributed by atoms with van der Waals surface area (Å²) in [7, 11) is 0. The van der Waals surface area contributed by atoms with Crippen molar-refractivity contribution in [1.29, 1.82) is 0 Å². The molecule has 0 aromatic heterocycles. The van der Waals surface area contributed by atoms with Gasteiger partial charge in [-0.3, -0.25) is 0 Å². The Balaban J connectivity index is 3.56. The lowest BCUT2D eigenvalue weighted by atomic mass is 9.97. The van der Waals surface area contributed by atoms with Gasteiger partial charge in [-0.2, -0.15) is 0 Å². The van der Waals surface area contributed by atoms with Crippen LogP contribution in [0.5, 0.6) is 0 Å². The van der Waals surface area contributed by atoms with Gasteiger partial charge in [0.15, 0.2) is 0 Å². The third-order valence-electron chi connectivity index (χ3n) is 2.68. The molecular weight excluding hydrogens is 176 g/mol. The summed E-state index contributed by atoms with van der Waals surface area (Å²) < 4.78 is 0. The highest BCUT2D eigenvalue weighted by atomic mass is 16.2. The number of hydrogen-bond donors (Lipinski definition) is 3. The number of rotatable bonds is 9. The quantitative estimate of drug-likeness (QED) is 0.491. The molecule has 2 atom stereocenters. The summed E-state index contributed by atoms with van der Waals surface area (Å²) >= 11 is 0. The summed E-state index contributed by atoms with van der Waals surface area (Å²) in [6.07, 6.45) is 4.36. The molecule has 14 heavy (non-hydrogen) atoms. The summed E-state index contributed by atoms with van der Waals surface area (Å²) in [5.41, 5.74) is 5.71. The van der Waals surface area contributed by atoms with Crippen LogP contribution in [0.15, 0.2) is 0 Å². The lowest BCUT2D eigenvalue weighted by Gasteiger charge is -2.23. The highest BCUT2D eigenvalue weighted by Gasteiger charge is 2.13.